The van der Waals surface area contributed by atoms with E-state index in [-0.39, 0.29) is 24.1 Å². The van der Waals surface area contributed by atoms with Crippen LogP contribution in [0.5, 0.6) is 11.5 Å². The number of ether oxygens (including phenoxy) is 2. The normalized spacial score (nSPS) is 17.4. The van der Waals surface area contributed by atoms with Gasteiger partial charge in [-0.2, -0.15) is 0 Å². The van der Waals surface area contributed by atoms with Crippen LogP contribution in [0.3, 0.4) is 0 Å². The van der Waals surface area contributed by atoms with Crippen LogP contribution in [0.4, 0.5) is 5.69 Å². The lowest BCUT2D eigenvalue weighted by molar-refractivity contribution is -0.118. The fourth-order valence-electron chi connectivity index (χ4n) is 5.63. The molecule has 39 heavy (non-hydrogen) atoms. The van der Waals surface area contributed by atoms with Gasteiger partial charge in [0.05, 0.1) is 11.1 Å². The predicted octanol–water partition coefficient (Wildman–Crippen LogP) is 6.18. The monoisotopic (exact) mass is 592 g/mol. The zero-order chi connectivity index (χ0) is 27.7. The quantitative estimate of drug-likeness (QED) is 0.398. The van der Waals surface area contributed by atoms with Gasteiger partial charge < -0.3 is 20.1 Å². The van der Waals surface area contributed by atoms with Gasteiger partial charge in [0.25, 0.3) is 5.91 Å². The molecule has 0 unspecified atom stereocenters. The maximum atomic E-state index is 13.2. The van der Waals surface area contributed by atoms with Gasteiger partial charge in [-0.3, -0.25) is 14.4 Å². The van der Waals surface area contributed by atoms with Gasteiger partial charge >= 0.3 is 0 Å². The van der Waals surface area contributed by atoms with Gasteiger partial charge in [0.1, 0.15) is 0 Å². The van der Waals surface area contributed by atoms with Crippen LogP contribution < -0.4 is 20.1 Å². The Morgan fingerprint density at radius 3 is 2.23 bits per heavy atom. The molecule has 1 aliphatic heterocycles. The summed E-state index contributed by atoms with van der Waals surface area (Å²) < 4.78 is 12.5. The molecule has 2 aliphatic carbocycles. The number of ketones is 2. The summed E-state index contributed by atoms with van der Waals surface area (Å²) in [6.45, 7) is 6.06. The van der Waals surface area contributed by atoms with Gasteiger partial charge in [-0.25, -0.2) is 0 Å². The van der Waals surface area contributed by atoms with Gasteiger partial charge in [-0.15, -0.1) is 0 Å². The fraction of sp³-hybridized carbons (Fsp3) is 0.387. The average molecular weight is 594 g/mol. The van der Waals surface area contributed by atoms with Crippen molar-refractivity contribution in [3.05, 3.63) is 74.0 Å². The van der Waals surface area contributed by atoms with Gasteiger partial charge in [0.15, 0.2) is 29.7 Å². The second-order valence-corrected chi connectivity index (χ2v) is 11.1. The molecule has 2 aromatic carbocycles. The lowest BCUT2D eigenvalue weighted by atomic mass is 9.71. The lowest BCUT2D eigenvalue weighted by Crippen LogP contribution is -2.36. The molecule has 3 aliphatic rings. The van der Waals surface area contributed by atoms with E-state index in [1.54, 1.807) is 0 Å². The molecule has 1 amide bonds. The summed E-state index contributed by atoms with van der Waals surface area (Å²) in [6, 6.07) is 9.48. The van der Waals surface area contributed by atoms with Crippen LogP contribution in [0.1, 0.15) is 68.1 Å². The predicted molar refractivity (Wildman–Crippen MR) is 153 cm³/mol. The van der Waals surface area contributed by atoms with Gasteiger partial charge in [-0.05, 0) is 103 Å². The first-order valence-electron chi connectivity index (χ1n) is 13.5. The highest BCUT2D eigenvalue weighted by molar-refractivity contribution is 9.10. The molecule has 1 heterocycles. The van der Waals surface area contributed by atoms with Crippen molar-refractivity contribution in [3.8, 4) is 11.5 Å². The van der Waals surface area contributed by atoms with Gasteiger partial charge in [-0.1, -0.05) is 6.07 Å². The summed E-state index contributed by atoms with van der Waals surface area (Å²) in [7, 11) is 0. The lowest BCUT2D eigenvalue weighted by Gasteiger charge is -2.37. The van der Waals surface area contributed by atoms with Crippen molar-refractivity contribution in [1.29, 1.82) is 0 Å². The SMILES string of the molecule is CCOc1cc(C2C3=C(CCCC3=O)NC3=C2C(=O)CCC3)cc(Br)c1OCC(=O)Nc1ccc(C)c(C)c1. The molecule has 0 radical (unpaired) electrons. The number of benzene rings is 2. The van der Waals surface area contributed by atoms with E-state index in [4.69, 9.17) is 9.47 Å². The topological polar surface area (TPSA) is 93.7 Å². The van der Waals surface area contributed by atoms with E-state index in [1.165, 1.54) is 0 Å². The Morgan fingerprint density at radius 1 is 0.949 bits per heavy atom. The minimum atomic E-state index is -0.450. The van der Waals surface area contributed by atoms with E-state index in [0.717, 1.165) is 53.8 Å². The smallest absolute Gasteiger partial charge is 0.262 e. The molecule has 0 saturated heterocycles. The number of halogens is 1. The van der Waals surface area contributed by atoms with Crippen molar-refractivity contribution in [3.63, 3.8) is 0 Å². The Bertz CT molecular complexity index is 1380. The van der Waals surface area contributed by atoms with Crippen molar-refractivity contribution < 1.29 is 23.9 Å². The van der Waals surface area contributed by atoms with Crippen LogP contribution in [-0.4, -0.2) is 30.7 Å². The van der Waals surface area contributed by atoms with E-state index in [1.807, 2.05) is 51.1 Å². The molecule has 5 rings (SSSR count). The number of rotatable bonds is 7. The number of carbonyl (C=O) groups excluding carboxylic acids is 3. The Labute approximate surface area is 237 Å². The van der Waals surface area contributed by atoms with Crippen molar-refractivity contribution >= 4 is 39.1 Å². The van der Waals surface area contributed by atoms with Gasteiger partial charge in [0, 0.05) is 47.0 Å². The molecule has 7 nitrogen and oxygen atoms in total. The Hall–Kier alpha value is -3.39. The third kappa shape index (κ3) is 5.53. The number of hydrogen-bond acceptors (Lipinski definition) is 6. The minimum absolute atomic E-state index is 0.0797. The molecule has 0 aromatic heterocycles. The molecule has 0 saturated carbocycles. The van der Waals surface area contributed by atoms with Crippen LogP contribution in [-0.2, 0) is 14.4 Å². The second kappa shape index (κ2) is 11.4. The Kier molecular flexibility index (Phi) is 7.93. The zero-order valence-corrected chi connectivity index (χ0v) is 24.1. The number of anilines is 1. The highest BCUT2D eigenvalue weighted by Gasteiger charge is 2.40. The van der Waals surface area contributed by atoms with E-state index in [9.17, 15) is 14.4 Å². The molecular formula is C31H33BrN2O5. The van der Waals surface area contributed by atoms with E-state index in [0.29, 0.717) is 52.3 Å². The molecular weight excluding hydrogens is 560 g/mol. The maximum Gasteiger partial charge on any atom is 0.262 e. The number of hydrogen-bond donors (Lipinski definition) is 2. The number of allylic oxidation sites excluding steroid dienone is 4. The minimum Gasteiger partial charge on any atom is -0.490 e. The Balaban J connectivity index is 1.46. The molecule has 204 valence electrons. The molecule has 8 heteroatoms. The molecule has 2 N–H and O–H groups in total. The van der Waals surface area contributed by atoms with Crippen LogP contribution >= 0.6 is 15.9 Å². The molecule has 0 spiro atoms. The van der Waals surface area contributed by atoms with E-state index in [2.05, 4.69) is 26.6 Å². The molecule has 2 aromatic rings. The van der Waals surface area contributed by atoms with E-state index >= 15 is 0 Å². The van der Waals surface area contributed by atoms with E-state index < -0.39 is 5.92 Å². The van der Waals surface area contributed by atoms with Crippen molar-refractivity contribution in [2.45, 2.75) is 65.2 Å². The molecule has 0 atom stereocenters. The second-order valence-electron chi connectivity index (χ2n) is 10.3. The van der Waals surface area contributed by atoms with Crippen LogP contribution in [0.25, 0.3) is 0 Å². The summed E-state index contributed by atoms with van der Waals surface area (Å²) >= 11 is 3.62. The third-order valence-electron chi connectivity index (χ3n) is 7.59. The average Bonchev–Trinajstić information content (AvgIpc) is 2.89. The standard InChI is InChI=1S/C31H33BrN2O5/c1-4-38-26-15-19(14-21(32)31(26)39-16-27(37)33-20-12-11-17(2)18(3)13-20)28-29-22(7-5-9-24(29)35)34-23-8-6-10-25(36)30(23)28/h11-15,28,34H,4-10,16H2,1-3H3,(H,33,37). The summed E-state index contributed by atoms with van der Waals surface area (Å²) in [5.74, 6) is 0.273. The summed E-state index contributed by atoms with van der Waals surface area (Å²) in [4.78, 5) is 39.0. The number of aryl methyl sites for hydroxylation is 2. The van der Waals surface area contributed by atoms with Crippen LogP contribution in [0.15, 0.2) is 57.3 Å². The highest BCUT2D eigenvalue weighted by atomic mass is 79.9. The number of dihydropyridines is 1. The largest absolute Gasteiger partial charge is 0.490 e. The van der Waals surface area contributed by atoms with Crippen molar-refractivity contribution in [1.82, 2.24) is 5.32 Å². The van der Waals surface area contributed by atoms with Crippen LogP contribution in [0, 0.1) is 13.8 Å². The van der Waals surface area contributed by atoms with Gasteiger partial charge in [0.2, 0.25) is 0 Å². The first kappa shape index (κ1) is 27.2. The number of carbonyl (C=O) groups is 3. The summed E-state index contributed by atoms with van der Waals surface area (Å²) in [5.41, 5.74) is 6.98. The summed E-state index contributed by atoms with van der Waals surface area (Å²) in [5, 5.41) is 6.32. The zero-order valence-electron chi connectivity index (χ0n) is 22.5. The molecule has 0 bridgehead atoms. The maximum absolute atomic E-state index is 13.2. The first-order chi connectivity index (χ1) is 18.8. The fourth-order valence-corrected chi connectivity index (χ4v) is 6.20. The number of Topliss-reactive ketones (excluding diaryl/α,β-unsaturated/α-hetero) is 2. The van der Waals surface area contributed by atoms with Crippen molar-refractivity contribution in [2.75, 3.05) is 18.5 Å². The first-order valence-corrected chi connectivity index (χ1v) is 14.3. The Morgan fingerprint density at radius 2 is 1.62 bits per heavy atom. The number of nitrogens with one attached hydrogen (secondary N) is 2. The highest BCUT2D eigenvalue weighted by Crippen LogP contribution is 2.48. The van der Waals surface area contributed by atoms with Crippen molar-refractivity contribution in [2.24, 2.45) is 0 Å². The third-order valence-corrected chi connectivity index (χ3v) is 8.18. The van der Waals surface area contributed by atoms with Crippen LogP contribution in [0.2, 0.25) is 0 Å². The summed E-state index contributed by atoms with van der Waals surface area (Å²) in [6.07, 6.45) is 4.14. The molecule has 0 fully saturated rings. The number of amides is 1.